The van der Waals surface area contributed by atoms with E-state index in [4.69, 9.17) is 11.6 Å². The van der Waals surface area contributed by atoms with Gasteiger partial charge in [-0.3, -0.25) is 4.79 Å². The number of pyridine rings is 1. The zero-order chi connectivity index (χ0) is 11.5. The molecule has 0 saturated carbocycles. The Kier molecular flexibility index (Phi) is 3.41. The number of piperazine rings is 1. The van der Waals surface area contributed by atoms with Crippen molar-refractivity contribution in [3.05, 3.63) is 23.0 Å². The third-order valence-electron chi connectivity index (χ3n) is 2.82. The molecule has 0 spiro atoms. The molecule has 0 unspecified atom stereocenters. The monoisotopic (exact) mass is 239 g/mol. The third-order valence-corrected chi connectivity index (χ3v) is 3.03. The van der Waals surface area contributed by atoms with Crippen molar-refractivity contribution in [1.82, 2.24) is 9.88 Å². The van der Waals surface area contributed by atoms with Gasteiger partial charge in [-0.05, 0) is 19.2 Å². The molecule has 0 aliphatic carbocycles. The van der Waals surface area contributed by atoms with Gasteiger partial charge in [0.15, 0.2) is 6.29 Å². The number of nitrogens with zero attached hydrogens (tertiary/aromatic N) is 3. The van der Waals surface area contributed by atoms with Gasteiger partial charge in [0.25, 0.3) is 0 Å². The molecule has 1 aromatic rings. The number of hydrogen-bond acceptors (Lipinski definition) is 4. The van der Waals surface area contributed by atoms with Crippen LogP contribution in [0.2, 0.25) is 5.15 Å². The van der Waals surface area contributed by atoms with Crippen LogP contribution in [-0.2, 0) is 0 Å². The second kappa shape index (κ2) is 4.80. The van der Waals surface area contributed by atoms with Crippen LogP contribution in [-0.4, -0.2) is 49.4 Å². The number of anilines is 1. The van der Waals surface area contributed by atoms with Gasteiger partial charge >= 0.3 is 0 Å². The van der Waals surface area contributed by atoms with Crippen LogP contribution in [0.4, 0.5) is 5.69 Å². The third kappa shape index (κ3) is 2.33. The largest absolute Gasteiger partial charge is 0.367 e. The Hall–Kier alpha value is -1.13. The fourth-order valence-corrected chi connectivity index (χ4v) is 2.00. The molecule has 86 valence electrons. The molecule has 16 heavy (non-hydrogen) atoms. The van der Waals surface area contributed by atoms with Crippen LogP contribution in [0.25, 0.3) is 0 Å². The SMILES string of the molecule is CN1CCN(c2ccc(Cl)nc2C=O)CC1. The van der Waals surface area contributed by atoms with Crippen molar-refractivity contribution in [2.24, 2.45) is 0 Å². The van der Waals surface area contributed by atoms with Gasteiger partial charge in [-0.25, -0.2) is 4.98 Å². The maximum atomic E-state index is 10.9. The van der Waals surface area contributed by atoms with Crippen molar-refractivity contribution < 1.29 is 4.79 Å². The number of halogens is 1. The van der Waals surface area contributed by atoms with Crippen LogP contribution >= 0.6 is 11.6 Å². The lowest BCUT2D eigenvalue weighted by molar-refractivity contribution is 0.111. The van der Waals surface area contributed by atoms with Crippen molar-refractivity contribution in [3.63, 3.8) is 0 Å². The Bertz CT molecular complexity index is 389. The van der Waals surface area contributed by atoms with Crippen molar-refractivity contribution in [2.75, 3.05) is 38.1 Å². The lowest BCUT2D eigenvalue weighted by Gasteiger charge is -2.34. The molecule has 2 rings (SSSR count). The van der Waals surface area contributed by atoms with Crippen molar-refractivity contribution in [3.8, 4) is 0 Å². The predicted molar refractivity (Wildman–Crippen MR) is 64.3 cm³/mol. The molecule has 0 bridgehead atoms. The van der Waals surface area contributed by atoms with Crippen LogP contribution < -0.4 is 4.90 Å². The number of aldehydes is 1. The minimum Gasteiger partial charge on any atom is -0.367 e. The highest BCUT2D eigenvalue weighted by Crippen LogP contribution is 2.21. The Balaban J connectivity index is 2.23. The van der Waals surface area contributed by atoms with Crippen molar-refractivity contribution >= 4 is 23.6 Å². The summed E-state index contributed by atoms with van der Waals surface area (Å²) in [5, 5.41) is 0.361. The summed E-state index contributed by atoms with van der Waals surface area (Å²) in [4.78, 5) is 19.4. The highest BCUT2D eigenvalue weighted by Gasteiger charge is 2.17. The van der Waals surface area contributed by atoms with Crippen molar-refractivity contribution in [1.29, 1.82) is 0 Å². The van der Waals surface area contributed by atoms with E-state index in [1.807, 2.05) is 6.07 Å². The average molecular weight is 240 g/mol. The van der Waals surface area contributed by atoms with Gasteiger partial charge in [0, 0.05) is 26.2 Å². The summed E-state index contributed by atoms with van der Waals surface area (Å²) in [6, 6.07) is 3.59. The smallest absolute Gasteiger partial charge is 0.170 e. The van der Waals surface area contributed by atoms with Gasteiger partial charge < -0.3 is 9.80 Å². The number of rotatable bonds is 2. The summed E-state index contributed by atoms with van der Waals surface area (Å²) in [5.41, 5.74) is 1.31. The van der Waals surface area contributed by atoms with Gasteiger partial charge in [-0.2, -0.15) is 0 Å². The first kappa shape index (κ1) is 11.4. The number of likely N-dealkylation sites (N-methyl/N-ethyl adjacent to an activating group) is 1. The molecule has 1 aliphatic heterocycles. The highest BCUT2D eigenvalue weighted by molar-refractivity contribution is 6.29. The van der Waals surface area contributed by atoms with Gasteiger partial charge in [0.05, 0.1) is 5.69 Å². The molecule has 1 aromatic heterocycles. The van der Waals surface area contributed by atoms with E-state index in [1.54, 1.807) is 6.07 Å². The van der Waals surface area contributed by atoms with Gasteiger partial charge in [0.2, 0.25) is 0 Å². The summed E-state index contributed by atoms with van der Waals surface area (Å²) in [6.07, 6.45) is 0.763. The first-order chi connectivity index (χ1) is 7.70. The Morgan fingerprint density at radius 3 is 2.62 bits per heavy atom. The molecule has 5 heteroatoms. The summed E-state index contributed by atoms with van der Waals surface area (Å²) in [6.45, 7) is 3.84. The predicted octanol–water partition coefficient (Wildman–Crippen LogP) is 1.30. The minimum absolute atomic E-state index is 0.361. The van der Waals surface area contributed by atoms with Crippen molar-refractivity contribution in [2.45, 2.75) is 0 Å². The summed E-state index contributed by atoms with van der Waals surface area (Å²) < 4.78 is 0. The minimum atomic E-state index is 0.361. The molecular formula is C11H14ClN3O. The summed E-state index contributed by atoms with van der Waals surface area (Å²) in [7, 11) is 2.10. The van der Waals surface area contributed by atoms with Gasteiger partial charge in [0.1, 0.15) is 10.8 Å². The molecule has 1 saturated heterocycles. The zero-order valence-corrected chi connectivity index (χ0v) is 9.94. The van der Waals surface area contributed by atoms with Crippen LogP contribution in [0.5, 0.6) is 0 Å². The lowest BCUT2D eigenvalue weighted by atomic mass is 10.2. The molecule has 0 amide bonds. The number of hydrogen-bond donors (Lipinski definition) is 0. The number of aromatic nitrogens is 1. The lowest BCUT2D eigenvalue weighted by Crippen LogP contribution is -2.44. The first-order valence-electron chi connectivity index (χ1n) is 5.26. The van der Waals surface area contributed by atoms with E-state index in [2.05, 4.69) is 21.8 Å². The molecule has 2 heterocycles. The molecule has 4 nitrogen and oxygen atoms in total. The van der Waals surface area contributed by atoms with Crippen LogP contribution in [0.15, 0.2) is 12.1 Å². The molecule has 0 aromatic carbocycles. The second-order valence-corrected chi connectivity index (χ2v) is 4.33. The second-order valence-electron chi connectivity index (χ2n) is 3.95. The molecule has 0 radical (unpaired) electrons. The summed E-state index contributed by atoms with van der Waals surface area (Å²) >= 11 is 5.76. The van der Waals surface area contributed by atoms with Crippen LogP contribution in [0.3, 0.4) is 0 Å². The number of carbonyl (C=O) groups excluding carboxylic acids is 1. The molecule has 1 aliphatic rings. The van der Waals surface area contributed by atoms with E-state index < -0.39 is 0 Å². The normalized spacial score (nSPS) is 17.5. The maximum absolute atomic E-state index is 10.9. The fourth-order valence-electron chi connectivity index (χ4n) is 1.84. The molecule has 0 atom stereocenters. The Morgan fingerprint density at radius 1 is 1.31 bits per heavy atom. The van der Waals surface area contributed by atoms with E-state index in [0.29, 0.717) is 10.8 Å². The molecular weight excluding hydrogens is 226 g/mol. The summed E-state index contributed by atoms with van der Waals surface area (Å²) in [5.74, 6) is 0. The fraction of sp³-hybridized carbons (Fsp3) is 0.455. The van der Waals surface area contributed by atoms with E-state index in [9.17, 15) is 4.79 Å². The van der Waals surface area contributed by atoms with E-state index in [-0.39, 0.29) is 0 Å². The molecule has 0 N–H and O–H groups in total. The van der Waals surface area contributed by atoms with Crippen LogP contribution in [0.1, 0.15) is 10.5 Å². The van der Waals surface area contributed by atoms with E-state index in [1.165, 1.54) is 0 Å². The first-order valence-corrected chi connectivity index (χ1v) is 5.63. The zero-order valence-electron chi connectivity index (χ0n) is 9.19. The molecule has 1 fully saturated rings. The van der Waals surface area contributed by atoms with E-state index in [0.717, 1.165) is 38.2 Å². The standard InChI is InChI=1S/C11H14ClN3O/c1-14-4-6-15(7-5-14)10-2-3-11(12)13-9(10)8-16/h2-3,8H,4-7H2,1H3. The van der Waals surface area contributed by atoms with Gasteiger partial charge in [-0.1, -0.05) is 11.6 Å². The number of carbonyl (C=O) groups is 1. The van der Waals surface area contributed by atoms with Crippen LogP contribution in [0, 0.1) is 0 Å². The quantitative estimate of drug-likeness (QED) is 0.576. The Labute approximate surface area is 99.8 Å². The topological polar surface area (TPSA) is 36.4 Å². The van der Waals surface area contributed by atoms with E-state index >= 15 is 0 Å². The highest BCUT2D eigenvalue weighted by atomic mass is 35.5. The van der Waals surface area contributed by atoms with Gasteiger partial charge in [-0.15, -0.1) is 0 Å². The Morgan fingerprint density at radius 2 is 2.00 bits per heavy atom. The average Bonchev–Trinajstić information content (AvgIpc) is 2.30. The maximum Gasteiger partial charge on any atom is 0.170 e.